The number of aliphatic hydroxyl groups is 1. The van der Waals surface area contributed by atoms with Crippen LogP contribution in [0.3, 0.4) is 0 Å². The highest BCUT2D eigenvalue weighted by Crippen LogP contribution is 2.12. The molecule has 76 valence electrons. The molecule has 0 radical (unpaired) electrons. The Morgan fingerprint density at radius 3 is 3.21 bits per heavy atom. The van der Waals surface area contributed by atoms with Crippen LogP contribution in [0.1, 0.15) is 18.4 Å². The molecule has 2 unspecified atom stereocenters. The molecule has 1 saturated heterocycles. The molecule has 0 amide bonds. The highest BCUT2D eigenvalue weighted by atomic mass is 16.3. The molecule has 1 aliphatic heterocycles. The van der Waals surface area contributed by atoms with Crippen LogP contribution in [0.25, 0.3) is 0 Å². The van der Waals surface area contributed by atoms with Crippen LogP contribution in [0.5, 0.6) is 0 Å². The van der Waals surface area contributed by atoms with Crippen LogP contribution in [-0.2, 0) is 6.42 Å². The van der Waals surface area contributed by atoms with Gasteiger partial charge in [0.05, 0.1) is 6.10 Å². The summed E-state index contributed by atoms with van der Waals surface area (Å²) in [6.45, 7) is 1.04. The van der Waals surface area contributed by atoms with Gasteiger partial charge in [0.2, 0.25) is 0 Å². The summed E-state index contributed by atoms with van der Waals surface area (Å²) in [4.78, 5) is 4.03. The fraction of sp³-hybridized carbons (Fsp3) is 0.545. The van der Waals surface area contributed by atoms with Crippen LogP contribution in [0, 0.1) is 0 Å². The molecule has 3 heteroatoms. The van der Waals surface area contributed by atoms with Gasteiger partial charge >= 0.3 is 0 Å². The highest BCUT2D eigenvalue weighted by molar-refractivity contribution is 5.10. The third kappa shape index (κ3) is 2.30. The number of pyridine rings is 1. The molecule has 1 fully saturated rings. The zero-order chi connectivity index (χ0) is 9.80. The Labute approximate surface area is 84.2 Å². The minimum absolute atomic E-state index is 0.273. The number of hydrogen-bond acceptors (Lipinski definition) is 3. The van der Waals surface area contributed by atoms with Crippen molar-refractivity contribution in [2.24, 2.45) is 0 Å². The Morgan fingerprint density at radius 2 is 2.57 bits per heavy atom. The standard InChI is InChI=1S/C11H16N2O/c14-11(10-4-2-6-13-10)7-9-3-1-5-12-8-9/h1,3,5,8,10-11,13-14H,2,4,6-7H2. The van der Waals surface area contributed by atoms with Gasteiger partial charge in [-0.1, -0.05) is 6.07 Å². The van der Waals surface area contributed by atoms with E-state index in [0.717, 1.165) is 18.5 Å². The van der Waals surface area contributed by atoms with Crippen LogP contribution in [0.15, 0.2) is 24.5 Å². The predicted octanol–water partition coefficient (Wildman–Crippen LogP) is 0.737. The minimum atomic E-state index is -0.276. The molecule has 1 aromatic heterocycles. The fourth-order valence-corrected chi connectivity index (χ4v) is 1.94. The van der Waals surface area contributed by atoms with Gasteiger partial charge in [0.1, 0.15) is 0 Å². The number of rotatable bonds is 3. The Hall–Kier alpha value is -0.930. The summed E-state index contributed by atoms with van der Waals surface area (Å²) in [5.41, 5.74) is 1.11. The van der Waals surface area contributed by atoms with Crippen LogP contribution < -0.4 is 5.32 Å². The average molecular weight is 192 g/mol. The van der Waals surface area contributed by atoms with E-state index < -0.39 is 0 Å². The zero-order valence-electron chi connectivity index (χ0n) is 8.19. The van der Waals surface area contributed by atoms with Crippen molar-refractivity contribution in [1.29, 1.82) is 0 Å². The molecule has 2 rings (SSSR count). The highest BCUT2D eigenvalue weighted by Gasteiger charge is 2.22. The largest absolute Gasteiger partial charge is 0.391 e. The molecule has 0 spiro atoms. The summed E-state index contributed by atoms with van der Waals surface area (Å²) in [5, 5.41) is 13.2. The summed E-state index contributed by atoms with van der Waals surface area (Å²) in [7, 11) is 0. The zero-order valence-corrected chi connectivity index (χ0v) is 8.19. The number of nitrogens with one attached hydrogen (secondary N) is 1. The first-order valence-corrected chi connectivity index (χ1v) is 5.16. The third-order valence-electron chi connectivity index (χ3n) is 2.73. The molecule has 0 aliphatic carbocycles. The van der Waals surface area contributed by atoms with Crippen molar-refractivity contribution < 1.29 is 5.11 Å². The van der Waals surface area contributed by atoms with E-state index in [1.807, 2.05) is 18.3 Å². The predicted molar refractivity (Wildman–Crippen MR) is 55.0 cm³/mol. The van der Waals surface area contributed by atoms with Crippen LogP contribution in [0.2, 0.25) is 0 Å². The normalized spacial score (nSPS) is 23.6. The number of aliphatic hydroxyl groups excluding tert-OH is 1. The van der Waals surface area contributed by atoms with Crippen molar-refractivity contribution in [3.8, 4) is 0 Å². The summed E-state index contributed by atoms with van der Waals surface area (Å²) < 4.78 is 0. The van der Waals surface area contributed by atoms with Gasteiger partial charge in [-0.2, -0.15) is 0 Å². The van der Waals surface area contributed by atoms with Crippen LogP contribution in [0.4, 0.5) is 0 Å². The Balaban J connectivity index is 1.90. The third-order valence-corrected chi connectivity index (χ3v) is 2.73. The maximum atomic E-state index is 9.91. The molecular formula is C11H16N2O. The van der Waals surface area contributed by atoms with Gasteiger partial charge in [-0.25, -0.2) is 0 Å². The number of nitrogens with zero attached hydrogens (tertiary/aromatic N) is 1. The van der Waals surface area contributed by atoms with Crippen molar-refractivity contribution in [1.82, 2.24) is 10.3 Å². The van der Waals surface area contributed by atoms with Crippen molar-refractivity contribution in [2.75, 3.05) is 6.54 Å². The summed E-state index contributed by atoms with van der Waals surface area (Å²) >= 11 is 0. The Morgan fingerprint density at radius 1 is 1.64 bits per heavy atom. The van der Waals surface area contributed by atoms with E-state index in [1.165, 1.54) is 6.42 Å². The maximum absolute atomic E-state index is 9.91. The number of hydrogen-bond donors (Lipinski definition) is 2. The second-order valence-electron chi connectivity index (χ2n) is 3.84. The molecule has 0 saturated carbocycles. The summed E-state index contributed by atoms with van der Waals surface area (Å²) in [6.07, 6.45) is 6.26. The molecule has 14 heavy (non-hydrogen) atoms. The fourth-order valence-electron chi connectivity index (χ4n) is 1.94. The quantitative estimate of drug-likeness (QED) is 0.742. The molecule has 2 atom stereocenters. The topological polar surface area (TPSA) is 45.2 Å². The molecule has 1 aromatic rings. The van der Waals surface area contributed by atoms with Gasteiger partial charge in [0.25, 0.3) is 0 Å². The summed E-state index contributed by atoms with van der Waals surface area (Å²) in [6, 6.07) is 4.19. The van der Waals surface area contributed by atoms with E-state index >= 15 is 0 Å². The van der Waals surface area contributed by atoms with E-state index in [1.54, 1.807) is 6.20 Å². The monoisotopic (exact) mass is 192 g/mol. The van der Waals surface area contributed by atoms with Gasteiger partial charge < -0.3 is 10.4 Å². The molecule has 3 nitrogen and oxygen atoms in total. The Kier molecular flexibility index (Phi) is 3.11. The van der Waals surface area contributed by atoms with Gasteiger partial charge in [-0.3, -0.25) is 4.98 Å². The lowest BCUT2D eigenvalue weighted by molar-refractivity contribution is 0.136. The molecule has 1 aliphatic rings. The molecular weight excluding hydrogens is 176 g/mol. The van der Waals surface area contributed by atoms with Gasteiger partial charge in [0, 0.05) is 24.9 Å². The minimum Gasteiger partial charge on any atom is -0.391 e. The maximum Gasteiger partial charge on any atom is 0.0733 e. The van der Waals surface area contributed by atoms with E-state index in [0.29, 0.717) is 6.42 Å². The average Bonchev–Trinajstić information content (AvgIpc) is 2.72. The first kappa shape index (κ1) is 9.62. The van der Waals surface area contributed by atoms with E-state index in [4.69, 9.17) is 0 Å². The Bertz CT molecular complexity index is 270. The van der Waals surface area contributed by atoms with Crippen molar-refractivity contribution in [3.63, 3.8) is 0 Å². The van der Waals surface area contributed by atoms with Crippen LogP contribution >= 0.6 is 0 Å². The van der Waals surface area contributed by atoms with Crippen LogP contribution in [-0.4, -0.2) is 28.8 Å². The summed E-state index contributed by atoms with van der Waals surface area (Å²) in [5.74, 6) is 0. The smallest absolute Gasteiger partial charge is 0.0733 e. The number of aromatic nitrogens is 1. The van der Waals surface area contributed by atoms with E-state index in [-0.39, 0.29) is 12.1 Å². The lowest BCUT2D eigenvalue weighted by atomic mass is 10.0. The molecule has 0 aromatic carbocycles. The van der Waals surface area contributed by atoms with Gasteiger partial charge in [-0.15, -0.1) is 0 Å². The first-order chi connectivity index (χ1) is 6.86. The van der Waals surface area contributed by atoms with Gasteiger partial charge in [-0.05, 0) is 31.0 Å². The lowest BCUT2D eigenvalue weighted by Crippen LogP contribution is -2.36. The van der Waals surface area contributed by atoms with Crippen molar-refractivity contribution in [2.45, 2.75) is 31.4 Å². The van der Waals surface area contributed by atoms with Crippen molar-refractivity contribution in [3.05, 3.63) is 30.1 Å². The molecule has 2 N–H and O–H groups in total. The molecule has 0 bridgehead atoms. The first-order valence-electron chi connectivity index (χ1n) is 5.16. The van der Waals surface area contributed by atoms with E-state index in [2.05, 4.69) is 10.3 Å². The van der Waals surface area contributed by atoms with Crippen molar-refractivity contribution >= 4 is 0 Å². The second kappa shape index (κ2) is 4.53. The SMILES string of the molecule is OC(Cc1cccnc1)C1CCCN1. The molecule has 2 heterocycles. The van der Waals surface area contributed by atoms with E-state index in [9.17, 15) is 5.11 Å². The van der Waals surface area contributed by atoms with Gasteiger partial charge in [0.15, 0.2) is 0 Å². The lowest BCUT2D eigenvalue weighted by Gasteiger charge is -2.17. The second-order valence-corrected chi connectivity index (χ2v) is 3.84.